The largest absolute Gasteiger partial charge is 0.370 e. The molecule has 1 heterocycles. The van der Waals surface area contributed by atoms with Crippen molar-refractivity contribution in [1.29, 1.82) is 0 Å². The monoisotopic (exact) mass is 268 g/mol. The Morgan fingerprint density at radius 3 is 2.37 bits per heavy atom. The topological polar surface area (TPSA) is 64.2 Å². The van der Waals surface area contributed by atoms with E-state index in [1.54, 1.807) is 0 Å². The third-order valence-electron chi connectivity index (χ3n) is 2.69. The zero-order valence-electron chi connectivity index (χ0n) is 10.2. The molecule has 0 aliphatic carbocycles. The molecule has 0 saturated carbocycles. The van der Waals surface area contributed by atoms with Crippen LogP contribution in [0.3, 0.4) is 0 Å². The number of hydrogen-bond acceptors (Lipinski definition) is 3. The first-order valence-electron chi connectivity index (χ1n) is 5.34. The van der Waals surface area contributed by atoms with Crippen molar-refractivity contribution >= 4 is 11.6 Å². The molecule has 1 aromatic carbocycles. The number of para-hydroxylation sites is 1. The maximum absolute atomic E-state index is 13.4. The van der Waals surface area contributed by atoms with Gasteiger partial charge >= 0.3 is 5.63 Å². The van der Waals surface area contributed by atoms with Crippen LogP contribution < -0.4 is 10.9 Å². The highest BCUT2D eigenvalue weighted by molar-refractivity contribution is 6.04. The van der Waals surface area contributed by atoms with Crippen molar-refractivity contribution in [1.82, 2.24) is 4.74 Å². The fraction of sp³-hybridized carbons (Fsp3) is 0.167. The van der Waals surface area contributed by atoms with Crippen molar-refractivity contribution in [2.45, 2.75) is 6.92 Å². The molecule has 0 saturated heterocycles. The summed E-state index contributed by atoms with van der Waals surface area (Å²) in [6.07, 6.45) is 0. The number of anilines is 1. The van der Waals surface area contributed by atoms with Crippen molar-refractivity contribution in [3.63, 3.8) is 0 Å². The lowest BCUT2D eigenvalue weighted by Gasteiger charge is -2.06. The van der Waals surface area contributed by atoms with E-state index in [1.807, 2.05) is 5.32 Å². The number of carbonyl (C=O) groups is 1. The fourth-order valence-electron chi connectivity index (χ4n) is 1.59. The van der Waals surface area contributed by atoms with Crippen LogP contribution in [0.5, 0.6) is 0 Å². The minimum atomic E-state index is -0.925. The number of benzene rings is 1. The van der Waals surface area contributed by atoms with E-state index in [0.717, 1.165) is 16.9 Å². The van der Waals surface area contributed by atoms with Crippen molar-refractivity contribution < 1.29 is 18.1 Å². The second-order valence-electron chi connectivity index (χ2n) is 3.89. The van der Waals surface area contributed by atoms with Gasteiger partial charge in [0.1, 0.15) is 22.9 Å². The Bertz CT molecular complexity index is 683. The Balaban J connectivity index is 2.39. The molecule has 0 spiro atoms. The molecule has 7 heteroatoms. The van der Waals surface area contributed by atoms with E-state index in [2.05, 4.69) is 4.52 Å². The van der Waals surface area contributed by atoms with Gasteiger partial charge in [-0.2, -0.15) is 0 Å². The first-order chi connectivity index (χ1) is 8.91. The van der Waals surface area contributed by atoms with Crippen LogP contribution in [0, 0.1) is 18.6 Å². The van der Waals surface area contributed by atoms with E-state index < -0.39 is 28.9 Å². The molecule has 1 N–H and O–H groups in total. The molecular weight excluding hydrogens is 258 g/mol. The summed E-state index contributed by atoms with van der Waals surface area (Å²) in [6.45, 7) is 1.48. The SMILES string of the molecule is Cc1c(C(=O)Nc2c(F)cccc2F)c(=O)on1C. The van der Waals surface area contributed by atoms with E-state index in [1.165, 1.54) is 20.0 Å². The number of nitrogens with zero attached hydrogens (tertiary/aromatic N) is 1. The van der Waals surface area contributed by atoms with Gasteiger partial charge in [-0.3, -0.25) is 4.79 Å². The Morgan fingerprint density at radius 1 is 1.32 bits per heavy atom. The van der Waals surface area contributed by atoms with E-state index >= 15 is 0 Å². The standard InChI is InChI=1S/C12H10F2N2O3/c1-6-9(12(18)19-16(6)2)11(17)15-10-7(13)4-3-5-8(10)14/h3-5H,1-2H3,(H,15,17). The first-order valence-corrected chi connectivity index (χ1v) is 5.34. The third kappa shape index (κ3) is 2.26. The first kappa shape index (κ1) is 13.0. The molecule has 5 nitrogen and oxygen atoms in total. The molecule has 0 aliphatic heterocycles. The molecule has 0 radical (unpaired) electrons. The van der Waals surface area contributed by atoms with Crippen molar-refractivity contribution in [2.24, 2.45) is 7.05 Å². The Morgan fingerprint density at radius 2 is 1.89 bits per heavy atom. The molecule has 19 heavy (non-hydrogen) atoms. The van der Waals surface area contributed by atoms with Gasteiger partial charge in [-0.05, 0) is 19.1 Å². The summed E-state index contributed by atoms with van der Waals surface area (Å²) >= 11 is 0. The number of aromatic nitrogens is 1. The Labute approximate surface area is 106 Å². The highest BCUT2D eigenvalue weighted by Gasteiger charge is 2.21. The van der Waals surface area contributed by atoms with Crippen LogP contribution in [-0.4, -0.2) is 10.6 Å². The maximum atomic E-state index is 13.4. The second kappa shape index (κ2) is 4.68. The number of halogens is 2. The smallest absolute Gasteiger partial charge is 0.336 e. The molecule has 1 aromatic heterocycles. The van der Waals surface area contributed by atoms with E-state index in [-0.39, 0.29) is 11.3 Å². The van der Waals surface area contributed by atoms with Crippen LogP contribution in [0.4, 0.5) is 14.5 Å². The summed E-state index contributed by atoms with van der Waals surface area (Å²) in [5.41, 5.74) is -1.49. The number of aryl methyl sites for hydroxylation is 1. The lowest BCUT2D eigenvalue weighted by Crippen LogP contribution is -2.20. The normalized spacial score (nSPS) is 10.5. The van der Waals surface area contributed by atoms with E-state index in [0.29, 0.717) is 0 Å². The molecule has 100 valence electrons. The second-order valence-corrected chi connectivity index (χ2v) is 3.89. The summed E-state index contributed by atoms with van der Waals surface area (Å²) < 4.78 is 32.5. The molecule has 0 atom stereocenters. The summed E-state index contributed by atoms with van der Waals surface area (Å²) in [5, 5.41) is 2.03. The van der Waals surface area contributed by atoms with Crippen LogP contribution >= 0.6 is 0 Å². The highest BCUT2D eigenvalue weighted by atomic mass is 19.1. The highest BCUT2D eigenvalue weighted by Crippen LogP contribution is 2.19. The predicted molar refractivity (Wildman–Crippen MR) is 63.0 cm³/mol. The Hall–Kier alpha value is -2.44. The summed E-state index contributed by atoms with van der Waals surface area (Å²) in [4.78, 5) is 23.3. The van der Waals surface area contributed by atoms with Gasteiger partial charge in [-0.1, -0.05) is 6.07 Å². The van der Waals surface area contributed by atoms with Crippen LogP contribution in [-0.2, 0) is 7.05 Å². The number of amides is 1. The van der Waals surface area contributed by atoms with Crippen LogP contribution in [0.1, 0.15) is 16.1 Å². The van der Waals surface area contributed by atoms with Crippen LogP contribution in [0.15, 0.2) is 27.5 Å². The number of hydrogen-bond donors (Lipinski definition) is 1. The number of carbonyl (C=O) groups excluding carboxylic acids is 1. The van der Waals surface area contributed by atoms with Gasteiger partial charge in [-0.15, -0.1) is 0 Å². The van der Waals surface area contributed by atoms with Crippen molar-refractivity contribution in [2.75, 3.05) is 5.32 Å². The zero-order valence-corrected chi connectivity index (χ0v) is 10.2. The van der Waals surface area contributed by atoms with E-state index in [9.17, 15) is 18.4 Å². The molecule has 0 unspecified atom stereocenters. The fourth-order valence-corrected chi connectivity index (χ4v) is 1.59. The summed E-state index contributed by atoms with van der Waals surface area (Å²) in [6, 6.07) is 3.17. The number of rotatable bonds is 2. The van der Waals surface area contributed by atoms with Gasteiger partial charge in [0, 0.05) is 7.05 Å². The molecule has 0 fully saturated rings. The lowest BCUT2D eigenvalue weighted by atomic mass is 10.2. The van der Waals surface area contributed by atoms with Crippen molar-refractivity contribution in [3.05, 3.63) is 51.5 Å². The van der Waals surface area contributed by atoms with Crippen molar-refractivity contribution in [3.8, 4) is 0 Å². The average Bonchev–Trinajstić information content (AvgIpc) is 2.58. The predicted octanol–water partition coefficient (Wildman–Crippen LogP) is 1.82. The van der Waals surface area contributed by atoms with Gasteiger partial charge in [0.25, 0.3) is 5.91 Å². The van der Waals surface area contributed by atoms with Gasteiger partial charge in [-0.25, -0.2) is 18.3 Å². The number of nitrogens with one attached hydrogen (secondary N) is 1. The Kier molecular flexibility index (Phi) is 3.20. The summed E-state index contributed by atoms with van der Waals surface area (Å²) in [7, 11) is 1.44. The minimum absolute atomic E-state index is 0.263. The van der Waals surface area contributed by atoms with Gasteiger partial charge in [0.2, 0.25) is 0 Å². The molecule has 2 rings (SSSR count). The maximum Gasteiger partial charge on any atom is 0.370 e. The molecular formula is C12H10F2N2O3. The quantitative estimate of drug-likeness (QED) is 0.903. The van der Waals surface area contributed by atoms with Gasteiger partial charge < -0.3 is 9.84 Å². The van der Waals surface area contributed by atoms with Crippen LogP contribution in [0.25, 0.3) is 0 Å². The molecule has 1 amide bonds. The van der Waals surface area contributed by atoms with E-state index in [4.69, 9.17) is 0 Å². The third-order valence-corrected chi connectivity index (χ3v) is 2.69. The van der Waals surface area contributed by atoms with Gasteiger partial charge in [0.15, 0.2) is 0 Å². The lowest BCUT2D eigenvalue weighted by molar-refractivity contribution is 0.102. The minimum Gasteiger partial charge on any atom is -0.336 e. The average molecular weight is 268 g/mol. The zero-order chi connectivity index (χ0) is 14.2. The molecule has 2 aromatic rings. The molecule has 0 aliphatic rings. The molecule has 0 bridgehead atoms. The summed E-state index contributed by atoms with van der Waals surface area (Å²) in [5.74, 6) is -2.77. The van der Waals surface area contributed by atoms with Crippen LogP contribution in [0.2, 0.25) is 0 Å². The van der Waals surface area contributed by atoms with Gasteiger partial charge in [0.05, 0.1) is 5.69 Å².